The predicted molar refractivity (Wildman–Crippen MR) is 63.9 cm³/mol. The van der Waals surface area contributed by atoms with Gasteiger partial charge in [0.25, 0.3) is 0 Å². The van der Waals surface area contributed by atoms with Crippen molar-refractivity contribution in [3.63, 3.8) is 0 Å². The normalized spacial score (nSPS) is 33.6. The number of hydrogen-bond acceptors (Lipinski definition) is 3. The van der Waals surface area contributed by atoms with Crippen LogP contribution in [0.1, 0.15) is 34.1 Å². The van der Waals surface area contributed by atoms with Gasteiger partial charge in [0.1, 0.15) is 0 Å². The smallest absolute Gasteiger partial charge is 0.0597 e. The third-order valence-corrected chi connectivity index (χ3v) is 3.59. The van der Waals surface area contributed by atoms with Crippen LogP contribution in [0.15, 0.2) is 0 Å². The Morgan fingerprint density at radius 3 is 2.67 bits per heavy atom. The molecular formula is C12H26N2O. The van der Waals surface area contributed by atoms with E-state index < -0.39 is 0 Å². The molecule has 90 valence electrons. The summed E-state index contributed by atoms with van der Waals surface area (Å²) in [5, 5.41) is 0. The van der Waals surface area contributed by atoms with Crippen LogP contribution in [0.3, 0.4) is 0 Å². The van der Waals surface area contributed by atoms with Crippen LogP contribution >= 0.6 is 0 Å². The van der Waals surface area contributed by atoms with Crippen LogP contribution in [-0.4, -0.2) is 42.8 Å². The van der Waals surface area contributed by atoms with E-state index in [9.17, 15) is 0 Å². The fourth-order valence-electron chi connectivity index (χ4n) is 2.19. The number of piperidine rings is 1. The van der Waals surface area contributed by atoms with Crippen molar-refractivity contribution >= 4 is 0 Å². The van der Waals surface area contributed by atoms with E-state index in [4.69, 9.17) is 10.5 Å². The summed E-state index contributed by atoms with van der Waals surface area (Å²) in [4.78, 5) is 2.50. The summed E-state index contributed by atoms with van der Waals surface area (Å²) in [7, 11) is 0. The van der Waals surface area contributed by atoms with Crippen molar-refractivity contribution in [1.82, 2.24) is 4.90 Å². The van der Waals surface area contributed by atoms with Crippen molar-refractivity contribution in [1.29, 1.82) is 0 Å². The van der Waals surface area contributed by atoms with Gasteiger partial charge < -0.3 is 10.5 Å². The molecular weight excluding hydrogens is 188 g/mol. The van der Waals surface area contributed by atoms with Crippen LogP contribution in [0.4, 0.5) is 0 Å². The number of nitrogens with two attached hydrogens (primary N) is 1. The molecule has 15 heavy (non-hydrogen) atoms. The SMILES string of the molecule is CC(C)OCCN1CCC(N)C(C)C1C. The molecule has 3 atom stereocenters. The summed E-state index contributed by atoms with van der Waals surface area (Å²) in [6.07, 6.45) is 1.46. The van der Waals surface area contributed by atoms with Crippen molar-refractivity contribution in [2.45, 2.75) is 52.3 Å². The minimum atomic E-state index is 0.338. The first-order valence-electron chi connectivity index (χ1n) is 6.13. The largest absolute Gasteiger partial charge is 0.377 e. The van der Waals surface area contributed by atoms with Gasteiger partial charge in [-0.05, 0) is 33.1 Å². The molecule has 1 aliphatic rings. The van der Waals surface area contributed by atoms with E-state index in [1.165, 1.54) is 0 Å². The van der Waals surface area contributed by atoms with Crippen molar-refractivity contribution in [3.8, 4) is 0 Å². The van der Waals surface area contributed by atoms with Gasteiger partial charge in [0.2, 0.25) is 0 Å². The van der Waals surface area contributed by atoms with Crippen LogP contribution in [-0.2, 0) is 4.74 Å². The van der Waals surface area contributed by atoms with Gasteiger partial charge in [-0.15, -0.1) is 0 Å². The van der Waals surface area contributed by atoms with Crippen LogP contribution in [0.5, 0.6) is 0 Å². The fourth-order valence-corrected chi connectivity index (χ4v) is 2.19. The summed E-state index contributed by atoms with van der Waals surface area (Å²) in [6.45, 7) is 11.7. The van der Waals surface area contributed by atoms with Gasteiger partial charge in [-0.2, -0.15) is 0 Å². The number of nitrogens with zero attached hydrogens (tertiary/aromatic N) is 1. The third kappa shape index (κ3) is 3.74. The van der Waals surface area contributed by atoms with Gasteiger partial charge >= 0.3 is 0 Å². The minimum absolute atomic E-state index is 0.338. The second-order valence-corrected chi connectivity index (χ2v) is 5.01. The highest BCUT2D eigenvalue weighted by atomic mass is 16.5. The van der Waals surface area contributed by atoms with Crippen molar-refractivity contribution in [2.24, 2.45) is 11.7 Å². The van der Waals surface area contributed by atoms with Gasteiger partial charge in [0.15, 0.2) is 0 Å². The molecule has 0 saturated carbocycles. The van der Waals surface area contributed by atoms with Crippen LogP contribution in [0.25, 0.3) is 0 Å². The van der Waals surface area contributed by atoms with Gasteiger partial charge in [0.05, 0.1) is 12.7 Å². The summed E-state index contributed by atoms with van der Waals surface area (Å²) in [6, 6.07) is 0.965. The van der Waals surface area contributed by atoms with Crippen molar-refractivity contribution in [3.05, 3.63) is 0 Å². The molecule has 3 unspecified atom stereocenters. The van der Waals surface area contributed by atoms with E-state index in [-0.39, 0.29) is 0 Å². The molecule has 0 aromatic heterocycles. The maximum absolute atomic E-state index is 6.05. The molecule has 1 fully saturated rings. The predicted octanol–water partition coefficient (Wildman–Crippen LogP) is 1.47. The zero-order valence-electron chi connectivity index (χ0n) is 10.6. The molecule has 0 amide bonds. The molecule has 0 aromatic carbocycles. The standard InChI is InChI=1S/C12H26N2O/c1-9(2)15-8-7-14-6-5-12(13)10(3)11(14)4/h9-12H,5-8,13H2,1-4H3. The average Bonchev–Trinajstić information content (AvgIpc) is 2.18. The van der Waals surface area contributed by atoms with E-state index in [1.54, 1.807) is 0 Å². The fraction of sp³-hybridized carbons (Fsp3) is 1.00. The Balaban J connectivity index is 2.30. The molecule has 3 nitrogen and oxygen atoms in total. The molecule has 0 aliphatic carbocycles. The summed E-state index contributed by atoms with van der Waals surface area (Å²) in [5.41, 5.74) is 6.05. The zero-order valence-corrected chi connectivity index (χ0v) is 10.6. The first-order valence-corrected chi connectivity index (χ1v) is 6.13. The van der Waals surface area contributed by atoms with Crippen LogP contribution < -0.4 is 5.73 Å². The Bertz CT molecular complexity index is 184. The first kappa shape index (κ1) is 12.9. The van der Waals surface area contributed by atoms with Gasteiger partial charge in [0, 0.05) is 25.2 Å². The summed E-state index contributed by atoms with van der Waals surface area (Å²) < 4.78 is 5.58. The molecule has 0 radical (unpaired) electrons. The molecule has 1 rings (SSSR count). The Morgan fingerprint density at radius 1 is 1.40 bits per heavy atom. The Morgan fingerprint density at radius 2 is 2.07 bits per heavy atom. The summed E-state index contributed by atoms with van der Waals surface area (Å²) >= 11 is 0. The van der Waals surface area contributed by atoms with Crippen LogP contribution in [0, 0.1) is 5.92 Å². The highest BCUT2D eigenvalue weighted by molar-refractivity contribution is 4.86. The third-order valence-electron chi connectivity index (χ3n) is 3.59. The zero-order chi connectivity index (χ0) is 11.4. The molecule has 0 bridgehead atoms. The van der Waals surface area contributed by atoms with E-state index in [1.807, 2.05) is 0 Å². The van der Waals surface area contributed by atoms with E-state index in [0.29, 0.717) is 24.1 Å². The molecule has 1 saturated heterocycles. The lowest BCUT2D eigenvalue weighted by Crippen LogP contribution is -2.52. The molecule has 0 aromatic rings. The Labute approximate surface area is 94.0 Å². The number of likely N-dealkylation sites (tertiary alicyclic amines) is 1. The van der Waals surface area contributed by atoms with Crippen molar-refractivity contribution < 1.29 is 4.74 Å². The van der Waals surface area contributed by atoms with Gasteiger partial charge in [-0.25, -0.2) is 0 Å². The maximum atomic E-state index is 6.05. The minimum Gasteiger partial charge on any atom is -0.377 e. The summed E-state index contributed by atoms with van der Waals surface area (Å²) in [5.74, 6) is 0.595. The Hall–Kier alpha value is -0.120. The number of rotatable bonds is 4. The van der Waals surface area contributed by atoms with Gasteiger partial charge in [-0.3, -0.25) is 4.90 Å². The lowest BCUT2D eigenvalue weighted by atomic mass is 9.88. The highest BCUT2D eigenvalue weighted by Gasteiger charge is 2.29. The molecule has 1 heterocycles. The van der Waals surface area contributed by atoms with E-state index >= 15 is 0 Å². The van der Waals surface area contributed by atoms with Crippen LogP contribution in [0.2, 0.25) is 0 Å². The topological polar surface area (TPSA) is 38.5 Å². The number of ether oxygens (including phenoxy) is 1. The first-order chi connectivity index (χ1) is 7.02. The lowest BCUT2D eigenvalue weighted by molar-refractivity contribution is 0.0277. The lowest BCUT2D eigenvalue weighted by Gasteiger charge is -2.41. The average molecular weight is 214 g/mol. The quantitative estimate of drug-likeness (QED) is 0.770. The number of hydrogen-bond donors (Lipinski definition) is 1. The molecule has 0 spiro atoms. The van der Waals surface area contributed by atoms with E-state index in [2.05, 4.69) is 32.6 Å². The van der Waals surface area contributed by atoms with Crippen molar-refractivity contribution in [2.75, 3.05) is 19.7 Å². The Kier molecular flexibility index (Phi) is 5.03. The monoisotopic (exact) mass is 214 g/mol. The van der Waals surface area contributed by atoms with Gasteiger partial charge in [-0.1, -0.05) is 6.92 Å². The molecule has 1 aliphatic heterocycles. The second kappa shape index (κ2) is 5.83. The maximum Gasteiger partial charge on any atom is 0.0597 e. The highest BCUT2D eigenvalue weighted by Crippen LogP contribution is 2.21. The molecule has 3 heteroatoms. The van der Waals surface area contributed by atoms with E-state index in [0.717, 1.165) is 26.1 Å². The second-order valence-electron chi connectivity index (χ2n) is 5.01. The molecule has 2 N–H and O–H groups in total.